The second kappa shape index (κ2) is 8.36. The van der Waals surface area contributed by atoms with E-state index >= 15 is 0 Å². The van der Waals surface area contributed by atoms with Crippen LogP contribution in [0.2, 0.25) is 0 Å². The molecule has 3 nitrogen and oxygen atoms in total. The number of pyridine rings is 1. The van der Waals surface area contributed by atoms with Gasteiger partial charge in [-0.3, -0.25) is 0 Å². The van der Waals surface area contributed by atoms with Gasteiger partial charge in [-0.25, -0.2) is 4.57 Å². The van der Waals surface area contributed by atoms with E-state index in [9.17, 15) is 0 Å². The summed E-state index contributed by atoms with van der Waals surface area (Å²) < 4.78 is 8.26. The molecule has 4 aromatic rings. The number of aryl methyl sites for hydroxylation is 1. The van der Waals surface area contributed by atoms with Crippen molar-refractivity contribution in [3.05, 3.63) is 84.4 Å². The third kappa shape index (κ3) is 4.40. The second-order valence-electron chi connectivity index (χ2n) is 7.55. The zero-order valence-electron chi connectivity index (χ0n) is 17.3. The maximum absolute atomic E-state index is 6.06. The maximum Gasteiger partial charge on any atom is 0.169 e. The molecular formula is C26H27N2O+. The molecule has 0 atom stereocenters. The molecule has 0 unspecified atom stereocenters. The predicted molar refractivity (Wildman–Crippen MR) is 122 cm³/mol. The maximum atomic E-state index is 6.06. The van der Waals surface area contributed by atoms with Crippen molar-refractivity contribution >= 4 is 28.6 Å². The number of hydrogen-bond donors (Lipinski definition) is 0. The summed E-state index contributed by atoms with van der Waals surface area (Å²) >= 11 is 0. The Morgan fingerprint density at radius 3 is 2.38 bits per heavy atom. The average Bonchev–Trinajstić information content (AvgIpc) is 3.22. The van der Waals surface area contributed by atoms with Crippen LogP contribution in [0.4, 0.5) is 5.69 Å². The summed E-state index contributed by atoms with van der Waals surface area (Å²) in [6.07, 6.45) is 9.48. The van der Waals surface area contributed by atoms with Gasteiger partial charge in [0.05, 0.1) is 0 Å². The fraction of sp³-hybridized carbons (Fsp3) is 0.192. The van der Waals surface area contributed by atoms with E-state index in [1.807, 2.05) is 18.2 Å². The molecule has 0 amide bonds. The summed E-state index contributed by atoms with van der Waals surface area (Å²) in [4.78, 5) is 2.12. The summed E-state index contributed by atoms with van der Waals surface area (Å²) in [5.41, 5.74) is 3.46. The first-order chi connectivity index (χ1) is 14.1. The molecule has 0 saturated heterocycles. The summed E-state index contributed by atoms with van der Waals surface area (Å²) in [6, 6.07) is 21.3. The van der Waals surface area contributed by atoms with Crippen molar-refractivity contribution in [1.82, 2.24) is 0 Å². The van der Waals surface area contributed by atoms with Crippen molar-refractivity contribution in [2.24, 2.45) is 0 Å². The first-order valence-corrected chi connectivity index (χ1v) is 10.1. The normalized spacial score (nSPS) is 11.4. The van der Waals surface area contributed by atoms with E-state index in [0.717, 1.165) is 35.6 Å². The lowest BCUT2D eigenvalue weighted by Crippen LogP contribution is -2.31. The minimum Gasteiger partial charge on any atom is -0.457 e. The Morgan fingerprint density at radius 2 is 1.62 bits per heavy atom. The van der Waals surface area contributed by atoms with E-state index < -0.39 is 0 Å². The number of furan rings is 1. The lowest BCUT2D eigenvalue weighted by molar-refractivity contribution is -0.697. The molecule has 0 saturated carbocycles. The number of aromatic nitrogens is 1. The monoisotopic (exact) mass is 383 g/mol. The van der Waals surface area contributed by atoms with Crippen molar-refractivity contribution in [2.75, 3.05) is 19.0 Å². The van der Waals surface area contributed by atoms with Gasteiger partial charge in [0, 0.05) is 43.9 Å². The van der Waals surface area contributed by atoms with E-state index in [-0.39, 0.29) is 0 Å². The van der Waals surface area contributed by atoms with Gasteiger partial charge in [-0.1, -0.05) is 31.2 Å². The van der Waals surface area contributed by atoms with Gasteiger partial charge in [0.25, 0.3) is 0 Å². The molecule has 2 heterocycles. The zero-order chi connectivity index (χ0) is 20.2. The summed E-state index contributed by atoms with van der Waals surface area (Å²) in [7, 11) is 4.12. The Labute approximate surface area is 172 Å². The molecule has 0 radical (unpaired) electrons. The molecule has 0 aliphatic carbocycles. The van der Waals surface area contributed by atoms with Crippen molar-refractivity contribution in [2.45, 2.75) is 19.9 Å². The van der Waals surface area contributed by atoms with Crippen molar-refractivity contribution in [3.63, 3.8) is 0 Å². The van der Waals surface area contributed by atoms with Gasteiger partial charge in [0.1, 0.15) is 18.1 Å². The molecule has 0 aliphatic heterocycles. The smallest absolute Gasteiger partial charge is 0.169 e. The fourth-order valence-electron chi connectivity index (χ4n) is 3.43. The third-order valence-corrected chi connectivity index (χ3v) is 5.09. The molecule has 29 heavy (non-hydrogen) atoms. The zero-order valence-corrected chi connectivity index (χ0v) is 17.3. The van der Waals surface area contributed by atoms with Gasteiger partial charge in [0.2, 0.25) is 0 Å². The van der Waals surface area contributed by atoms with Gasteiger partial charge in [-0.05, 0) is 52.7 Å². The number of hydrogen-bond acceptors (Lipinski definition) is 2. The average molecular weight is 384 g/mol. The molecule has 146 valence electrons. The highest BCUT2D eigenvalue weighted by Crippen LogP contribution is 2.28. The Hall–Kier alpha value is -3.33. The lowest BCUT2D eigenvalue weighted by atomic mass is 10.0. The first-order valence-electron chi connectivity index (χ1n) is 10.1. The van der Waals surface area contributed by atoms with Crippen LogP contribution in [0.5, 0.6) is 0 Å². The molecule has 2 aromatic carbocycles. The van der Waals surface area contributed by atoms with Crippen molar-refractivity contribution in [3.8, 4) is 11.3 Å². The number of rotatable bonds is 6. The highest BCUT2D eigenvalue weighted by Gasteiger charge is 2.06. The van der Waals surface area contributed by atoms with Crippen molar-refractivity contribution in [1.29, 1.82) is 0 Å². The highest BCUT2D eigenvalue weighted by atomic mass is 16.3. The fourth-order valence-corrected chi connectivity index (χ4v) is 3.43. The Morgan fingerprint density at radius 1 is 0.862 bits per heavy atom. The number of benzene rings is 2. The van der Waals surface area contributed by atoms with Crippen LogP contribution >= 0.6 is 0 Å². The SMILES string of the molecule is CCC[n+]1ccc(/C=C/c2ccc(-c3ccc4cc(N(C)C)ccc4c3)o2)cc1. The second-order valence-corrected chi connectivity index (χ2v) is 7.55. The molecule has 2 aromatic heterocycles. The topological polar surface area (TPSA) is 20.3 Å². The summed E-state index contributed by atoms with van der Waals surface area (Å²) in [5, 5.41) is 2.45. The summed E-state index contributed by atoms with van der Waals surface area (Å²) in [5.74, 6) is 1.74. The molecule has 0 aliphatic rings. The Balaban J connectivity index is 1.53. The minimum absolute atomic E-state index is 0.855. The van der Waals surface area contributed by atoms with Crippen LogP contribution in [0.15, 0.2) is 77.5 Å². The van der Waals surface area contributed by atoms with E-state index in [4.69, 9.17) is 4.42 Å². The molecule has 3 heteroatoms. The van der Waals surface area contributed by atoms with E-state index in [0.29, 0.717) is 0 Å². The quantitative estimate of drug-likeness (QED) is 0.379. The lowest BCUT2D eigenvalue weighted by Gasteiger charge is -2.13. The standard InChI is InChI=1S/C26H27N2O/c1-4-15-28-16-13-20(14-17-28)5-10-25-11-12-26(29-25)23-7-6-22-19-24(27(2)3)9-8-21(22)18-23/h5-14,16-19H,4,15H2,1-3H3/q+1. The van der Waals surface area contributed by atoms with Crippen LogP contribution in [0.3, 0.4) is 0 Å². The molecule has 0 spiro atoms. The molecular weight excluding hydrogens is 356 g/mol. The minimum atomic E-state index is 0.855. The van der Waals surface area contributed by atoms with E-state index in [1.165, 1.54) is 16.5 Å². The molecule has 0 bridgehead atoms. The Bertz CT molecular complexity index is 1140. The predicted octanol–water partition coefficient (Wildman–Crippen LogP) is 6.03. The third-order valence-electron chi connectivity index (χ3n) is 5.09. The van der Waals surface area contributed by atoms with Crippen LogP contribution in [-0.4, -0.2) is 14.1 Å². The van der Waals surface area contributed by atoms with Crippen LogP contribution in [0, 0.1) is 0 Å². The van der Waals surface area contributed by atoms with Crippen molar-refractivity contribution < 1.29 is 8.98 Å². The van der Waals surface area contributed by atoms with Gasteiger partial charge in [-0.2, -0.15) is 0 Å². The molecule has 4 rings (SSSR count). The van der Waals surface area contributed by atoms with Crippen LogP contribution in [0.1, 0.15) is 24.7 Å². The van der Waals surface area contributed by atoms with Gasteiger partial charge >= 0.3 is 0 Å². The van der Waals surface area contributed by atoms with Crippen LogP contribution in [-0.2, 0) is 6.54 Å². The Kier molecular flexibility index (Phi) is 5.48. The molecule has 0 fully saturated rings. The van der Waals surface area contributed by atoms with E-state index in [1.54, 1.807) is 0 Å². The molecule has 0 N–H and O–H groups in total. The first kappa shape index (κ1) is 19.0. The number of fused-ring (bicyclic) bond motifs is 1. The number of nitrogens with zero attached hydrogens (tertiary/aromatic N) is 2. The highest BCUT2D eigenvalue weighted by molar-refractivity contribution is 5.89. The van der Waals surface area contributed by atoms with Gasteiger partial charge in [0.15, 0.2) is 12.4 Å². The van der Waals surface area contributed by atoms with Gasteiger partial charge < -0.3 is 9.32 Å². The van der Waals surface area contributed by atoms with E-state index in [2.05, 4.69) is 97.5 Å². The van der Waals surface area contributed by atoms with Gasteiger partial charge in [-0.15, -0.1) is 0 Å². The number of anilines is 1. The van der Waals surface area contributed by atoms with Crippen LogP contribution < -0.4 is 9.47 Å². The largest absolute Gasteiger partial charge is 0.457 e. The van der Waals surface area contributed by atoms with Crippen LogP contribution in [0.25, 0.3) is 34.2 Å². The summed E-state index contributed by atoms with van der Waals surface area (Å²) in [6.45, 7) is 3.24.